The Balaban J connectivity index is 2.00. The number of aliphatic carboxylic acids is 1. The van der Waals surface area contributed by atoms with Crippen LogP contribution < -0.4 is 0 Å². The second-order valence-corrected chi connectivity index (χ2v) is 4.27. The minimum Gasteiger partial charge on any atom is -0.481 e. The maximum atomic E-state index is 10.4. The van der Waals surface area contributed by atoms with E-state index in [0.29, 0.717) is 12.8 Å². The summed E-state index contributed by atoms with van der Waals surface area (Å²) in [6, 6.07) is 0. The van der Waals surface area contributed by atoms with E-state index >= 15 is 0 Å². The SMILES string of the molecule is CN1CCc2noc(CCCC(=O)O)c2C1. The van der Waals surface area contributed by atoms with Crippen LogP contribution in [0, 0.1) is 0 Å². The van der Waals surface area contributed by atoms with Gasteiger partial charge < -0.3 is 14.5 Å². The summed E-state index contributed by atoms with van der Waals surface area (Å²) >= 11 is 0. The minimum absolute atomic E-state index is 0.186. The van der Waals surface area contributed by atoms with Crippen molar-refractivity contribution >= 4 is 5.97 Å². The molecule has 0 aliphatic carbocycles. The number of fused-ring (bicyclic) bond motifs is 1. The summed E-state index contributed by atoms with van der Waals surface area (Å²) in [7, 11) is 2.07. The number of carboxylic acid groups (broad SMARTS) is 1. The average Bonchev–Trinajstić information content (AvgIpc) is 2.60. The normalized spacial score (nSPS) is 16.1. The van der Waals surface area contributed by atoms with Crippen molar-refractivity contribution in [3.63, 3.8) is 0 Å². The van der Waals surface area contributed by atoms with Crippen molar-refractivity contribution in [1.29, 1.82) is 0 Å². The summed E-state index contributed by atoms with van der Waals surface area (Å²) < 4.78 is 5.28. The van der Waals surface area contributed by atoms with Crippen molar-refractivity contribution in [2.75, 3.05) is 13.6 Å². The lowest BCUT2D eigenvalue weighted by Crippen LogP contribution is -2.26. The largest absolute Gasteiger partial charge is 0.481 e. The van der Waals surface area contributed by atoms with Gasteiger partial charge >= 0.3 is 5.97 Å². The van der Waals surface area contributed by atoms with E-state index in [-0.39, 0.29) is 6.42 Å². The molecule has 0 bridgehead atoms. The molecular formula is C11H16N2O3. The van der Waals surface area contributed by atoms with E-state index in [4.69, 9.17) is 9.63 Å². The van der Waals surface area contributed by atoms with Crippen molar-refractivity contribution in [2.45, 2.75) is 32.2 Å². The number of carboxylic acids is 1. The van der Waals surface area contributed by atoms with Gasteiger partial charge in [0.1, 0.15) is 5.76 Å². The van der Waals surface area contributed by atoms with Gasteiger partial charge in [-0.15, -0.1) is 0 Å². The third kappa shape index (κ3) is 2.41. The lowest BCUT2D eigenvalue weighted by Gasteiger charge is -2.21. The van der Waals surface area contributed by atoms with Crippen LogP contribution in [0.4, 0.5) is 0 Å². The fourth-order valence-electron chi connectivity index (χ4n) is 2.00. The highest BCUT2D eigenvalue weighted by Gasteiger charge is 2.21. The van der Waals surface area contributed by atoms with E-state index in [9.17, 15) is 4.79 Å². The number of rotatable bonds is 4. The Morgan fingerprint density at radius 3 is 3.19 bits per heavy atom. The van der Waals surface area contributed by atoms with E-state index in [0.717, 1.165) is 31.0 Å². The molecule has 88 valence electrons. The molecule has 0 spiro atoms. The zero-order valence-corrected chi connectivity index (χ0v) is 9.40. The minimum atomic E-state index is -0.759. The Bertz CT molecular complexity index is 387. The van der Waals surface area contributed by atoms with Crippen LogP contribution in [-0.2, 0) is 24.2 Å². The van der Waals surface area contributed by atoms with E-state index in [2.05, 4.69) is 17.1 Å². The molecule has 0 fully saturated rings. The highest BCUT2D eigenvalue weighted by Crippen LogP contribution is 2.22. The van der Waals surface area contributed by atoms with Crippen LogP contribution in [0.25, 0.3) is 0 Å². The number of carbonyl (C=O) groups is 1. The predicted molar refractivity (Wildman–Crippen MR) is 57.1 cm³/mol. The van der Waals surface area contributed by atoms with Gasteiger partial charge in [0, 0.05) is 37.9 Å². The average molecular weight is 224 g/mol. The van der Waals surface area contributed by atoms with Crippen molar-refractivity contribution < 1.29 is 14.4 Å². The molecule has 2 heterocycles. The lowest BCUT2D eigenvalue weighted by molar-refractivity contribution is -0.137. The van der Waals surface area contributed by atoms with Crippen LogP contribution in [-0.4, -0.2) is 34.7 Å². The molecule has 1 aromatic heterocycles. The summed E-state index contributed by atoms with van der Waals surface area (Å²) in [4.78, 5) is 12.6. The zero-order valence-electron chi connectivity index (χ0n) is 9.40. The van der Waals surface area contributed by atoms with Gasteiger partial charge in [0.25, 0.3) is 0 Å². The Morgan fingerprint density at radius 1 is 1.62 bits per heavy atom. The van der Waals surface area contributed by atoms with Gasteiger partial charge in [-0.1, -0.05) is 5.16 Å². The summed E-state index contributed by atoms with van der Waals surface area (Å²) in [6.07, 6.45) is 2.39. The summed E-state index contributed by atoms with van der Waals surface area (Å²) in [5, 5.41) is 12.6. The van der Waals surface area contributed by atoms with E-state index in [1.54, 1.807) is 0 Å². The highest BCUT2D eigenvalue weighted by atomic mass is 16.5. The first-order chi connectivity index (χ1) is 7.66. The number of nitrogens with zero attached hydrogens (tertiary/aromatic N) is 2. The Morgan fingerprint density at radius 2 is 2.44 bits per heavy atom. The van der Waals surface area contributed by atoms with Crippen LogP contribution in [0.5, 0.6) is 0 Å². The van der Waals surface area contributed by atoms with Gasteiger partial charge in [0.15, 0.2) is 0 Å². The molecule has 16 heavy (non-hydrogen) atoms. The van der Waals surface area contributed by atoms with Crippen molar-refractivity contribution in [3.8, 4) is 0 Å². The number of aryl methyl sites for hydroxylation is 1. The molecule has 5 nitrogen and oxygen atoms in total. The van der Waals surface area contributed by atoms with Crippen LogP contribution >= 0.6 is 0 Å². The van der Waals surface area contributed by atoms with E-state index < -0.39 is 5.97 Å². The number of likely N-dealkylation sites (N-methyl/N-ethyl adjacent to an activating group) is 1. The third-order valence-electron chi connectivity index (χ3n) is 2.90. The number of hydrogen-bond acceptors (Lipinski definition) is 4. The first kappa shape index (κ1) is 11.1. The quantitative estimate of drug-likeness (QED) is 0.828. The summed E-state index contributed by atoms with van der Waals surface area (Å²) in [5.41, 5.74) is 2.21. The van der Waals surface area contributed by atoms with Crippen LogP contribution in [0.1, 0.15) is 29.9 Å². The molecule has 0 radical (unpaired) electrons. The molecule has 0 saturated heterocycles. The van der Waals surface area contributed by atoms with Gasteiger partial charge in [0.05, 0.1) is 5.69 Å². The monoisotopic (exact) mass is 224 g/mol. The molecular weight excluding hydrogens is 208 g/mol. The summed E-state index contributed by atoms with van der Waals surface area (Å²) in [5.74, 6) is 0.105. The fraction of sp³-hybridized carbons (Fsp3) is 0.636. The smallest absolute Gasteiger partial charge is 0.303 e. The van der Waals surface area contributed by atoms with E-state index in [1.807, 2.05) is 0 Å². The molecule has 1 aromatic rings. The first-order valence-electron chi connectivity index (χ1n) is 5.53. The fourth-order valence-corrected chi connectivity index (χ4v) is 2.00. The topological polar surface area (TPSA) is 66.6 Å². The molecule has 0 atom stereocenters. The standard InChI is InChI=1S/C11H16N2O3/c1-13-6-5-9-8(7-13)10(16-12-9)3-2-4-11(14)15/h2-7H2,1H3,(H,14,15). The van der Waals surface area contributed by atoms with Gasteiger partial charge in [0.2, 0.25) is 0 Å². The molecule has 0 amide bonds. The maximum absolute atomic E-state index is 10.4. The second kappa shape index (κ2) is 4.65. The predicted octanol–water partition coefficient (Wildman–Crippen LogP) is 1.07. The van der Waals surface area contributed by atoms with Crippen LogP contribution in [0.15, 0.2) is 4.52 Å². The molecule has 0 unspecified atom stereocenters. The molecule has 5 heteroatoms. The summed E-state index contributed by atoms with van der Waals surface area (Å²) in [6.45, 7) is 1.87. The first-order valence-corrected chi connectivity index (χ1v) is 5.53. The van der Waals surface area contributed by atoms with Gasteiger partial charge in [-0.05, 0) is 13.5 Å². The lowest BCUT2D eigenvalue weighted by atomic mass is 10.0. The molecule has 0 aromatic carbocycles. The van der Waals surface area contributed by atoms with Crippen LogP contribution in [0.3, 0.4) is 0 Å². The third-order valence-corrected chi connectivity index (χ3v) is 2.90. The Labute approximate surface area is 94.0 Å². The number of hydrogen-bond donors (Lipinski definition) is 1. The van der Waals surface area contributed by atoms with Gasteiger partial charge in [-0.25, -0.2) is 0 Å². The molecule has 2 rings (SSSR count). The number of aromatic nitrogens is 1. The van der Waals surface area contributed by atoms with Crippen molar-refractivity contribution in [2.24, 2.45) is 0 Å². The maximum Gasteiger partial charge on any atom is 0.303 e. The molecule has 1 aliphatic heterocycles. The zero-order chi connectivity index (χ0) is 11.5. The second-order valence-electron chi connectivity index (χ2n) is 4.27. The molecule has 0 saturated carbocycles. The molecule has 1 N–H and O–H groups in total. The van der Waals surface area contributed by atoms with E-state index in [1.165, 1.54) is 5.56 Å². The van der Waals surface area contributed by atoms with Crippen molar-refractivity contribution in [1.82, 2.24) is 10.1 Å². The van der Waals surface area contributed by atoms with Gasteiger partial charge in [-0.2, -0.15) is 0 Å². The van der Waals surface area contributed by atoms with Gasteiger partial charge in [-0.3, -0.25) is 4.79 Å². The Hall–Kier alpha value is -1.36. The molecule has 1 aliphatic rings. The van der Waals surface area contributed by atoms with Crippen LogP contribution in [0.2, 0.25) is 0 Å². The van der Waals surface area contributed by atoms with Crippen molar-refractivity contribution in [3.05, 3.63) is 17.0 Å². The Kier molecular flexibility index (Phi) is 3.24. The highest BCUT2D eigenvalue weighted by molar-refractivity contribution is 5.66.